The molecule has 0 aromatic carbocycles. The number of likely N-dealkylation sites (N-methyl/N-ethyl adjacent to an activating group) is 1. The zero-order valence-corrected chi connectivity index (χ0v) is 13.5. The lowest BCUT2D eigenvalue weighted by Crippen LogP contribution is -2.38. The summed E-state index contributed by atoms with van der Waals surface area (Å²) in [4.78, 5) is 4.92. The number of nitrogens with zero attached hydrogens (tertiary/aromatic N) is 3. The lowest BCUT2D eigenvalue weighted by atomic mass is 10.4. The van der Waals surface area contributed by atoms with Crippen molar-refractivity contribution in [2.75, 3.05) is 33.1 Å². The van der Waals surface area contributed by atoms with Crippen molar-refractivity contribution in [3.05, 3.63) is 11.6 Å². The number of nitrogens with one attached hydrogen (secondary N) is 1. The van der Waals surface area contributed by atoms with Crippen LogP contribution in [0.5, 0.6) is 0 Å². The SMILES string of the molecule is CNc1nc2sccn2c1S(=O)(=O)N(C)C(C)COC. The summed E-state index contributed by atoms with van der Waals surface area (Å²) in [6, 6.07) is -0.265. The molecule has 2 aromatic heterocycles. The second kappa shape index (κ2) is 5.68. The van der Waals surface area contributed by atoms with Crippen molar-refractivity contribution in [3.8, 4) is 0 Å². The van der Waals surface area contributed by atoms with Crippen LogP contribution in [0.25, 0.3) is 4.96 Å². The number of aromatic nitrogens is 2. The van der Waals surface area contributed by atoms with Crippen LogP contribution in [-0.4, -0.2) is 56.0 Å². The molecule has 2 heterocycles. The van der Waals surface area contributed by atoms with Crippen LogP contribution in [0.2, 0.25) is 0 Å². The van der Waals surface area contributed by atoms with Crippen molar-refractivity contribution in [2.24, 2.45) is 0 Å². The summed E-state index contributed by atoms with van der Waals surface area (Å²) in [6.07, 6.45) is 1.70. The predicted molar refractivity (Wildman–Crippen MR) is 78.9 cm³/mol. The summed E-state index contributed by atoms with van der Waals surface area (Å²) in [7, 11) is 1.09. The first-order valence-corrected chi connectivity index (χ1v) is 8.35. The molecule has 1 unspecified atom stereocenters. The lowest BCUT2D eigenvalue weighted by molar-refractivity contribution is 0.149. The van der Waals surface area contributed by atoms with Gasteiger partial charge in [-0.25, -0.2) is 13.4 Å². The van der Waals surface area contributed by atoms with Crippen molar-refractivity contribution < 1.29 is 13.2 Å². The van der Waals surface area contributed by atoms with Gasteiger partial charge in [-0.1, -0.05) is 0 Å². The quantitative estimate of drug-likeness (QED) is 0.863. The Hall–Kier alpha value is -1.16. The fourth-order valence-corrected chi connectivity index (χ4v) is 4.26. The van der Waals surface area contributed by atoms with Gasteiger partial charge in [0.1, 0.15) is 0 Å². The summed E-state index contributed by atoms with van der Waals surface area (Å²) in [5, 5.41) is 4.80. The molecule has 9 heteroatoms. The Balaban J connectivity index is 2.53. The Bertz CT molecular complexity index is 692. The molecule has 0 fully saturated rings. The van der Waals surface area contributed by atoms with Crippen LogP contribution in [0.4, 0.5) is 5.82 Å². The van der Waals surface area contributed by atoms with Crippen LogP contribution in [0, 0.1) is 0 Å². The third-order valence-corrected chi connectivity index (χ3v) is 5.86. The molecule has 0 aliphatic rings. The number of anilines is 1. The summed E-state index contributed by atoms with van der Waals surface area (Å²) >= 11 is 1.39. The highest BCUT2D eigenvalue weighted by atomic mass is 32.2. The highest BCUT2D eigenvalue weighted by Crippen LogP contribution is 2.28. The fourth-order valence-electron chi connectivity index (χ4n) is 1.89. The minimum Gasteiger partial charge on any atom is -0.383 e. The third-order valence-electron chi connectivity index (χ3n) is 3.11. The first-order chi connectivity index (χ1) is 9.43. The standard InChI is InChI=1S/C11H18N4O3S2/c1-8(7-18-4)14(3)20(16,17)10-9(12-2)13-11-15(10)5-6-19-11/h5-6,8,12H,7H2,1-4H3. The topological polar surface area (TPSA) is 75.9 Å². The number of hydrogen-bond acceptors (Lipinski definition) is 6. The van der Waals surface area contributed by atoms with Gasteiger partial charge in [0.2, 0.25) is 0 Å². The summed E-state index contributed by atoms with van der Waals surface area (Å²) < 4.78 is 33.5. The molecular weight excluding hydrogens is 300 g/mol. The first-order valence-electron chi connectivity index (χ1n) is 6.03. The number of rotatable bonds is 6. The Labute approximate surface area is 122 Å². The minimum atomic E-state index is -3.66. The van der Waals surface area contributed by atoms with E-state index in [-0.39, 0.29) is 11.1 Å². The molecule has 0 radical (unpaired) electrons. The van der Waals surface area contributed by atoms with Gasteiger partial charge >= 0.3 is 0 Å². The zero-order valence-electron chi connectivity index (χ0n) is 11.8. The molecular formula is C11H18N4O3S2. The second-order valence-electron chi connectivity index (χ2n) is 4.40. The van der Waals surface area contributed by atoms with Crippen molar-refractivity contribution >= 4 is 32.1 Å². The van der Waals surface area contributed by atoms with Crippen molar-refractivity contribution in [1.82, 2.24) is 13.7 Å². The van der Waals surface area contributed by atoms with E-state index in [1.807, 2.05) is 0 Å². The van der Waals surface area contributed by atoms with E-state index in [1.165, 1.54) is 15.6 Å². The van der Waals surface area contributed by atoms with Crippen molar-refractivity contribution in [1.29, 1.82) is 0 Å². The van der Waals surface area contributed by atoms with Crippen LogP contribution in [0.15, 0.2) is 16.6 Å². The number of methoxy groups -OCH3 is 1. The van der Waals surface area contributed by atoms with Gasteiger partial charge < -0.3 is 10.1 Å². The summed E-state index contributed by atoms with van der Waals surface area (Å²) in [5.41, 5.74) is 0. The van der Waals surface area contributed by atoms with Crippen LogP contribution in [-0.2, 0) is 14.8 Å². The van der Waals surface area contributed by atoms with Crippen LogP contribution in [0.1, 0.15) is 6.92 Å². The van der Waals surface area contributed by atoms with Crippen molar-refractivity contribution in [2.45, 2.75) is 18.0 Å². The van der Waals surface area contributed by atoms with Gasteiger partial charge in [0.15, 0.2) is 15.8 Å². The number of thiazole rings is 1. The van der Waals surface area contributed by atoms with Crippen molar-refractivity contribution in [3.63, 3.8) is 0 Å². The number of sulfonamides is 1. The molecule has 0 saturated heterocycles. The van der Waals surface area contributed by atoms with E-state index in [0.29, 0.717) is 17.4 Å². The minimum absolute atomic E-state index is 0.154. The maximum atomic E-state index is 12.8. The molecule has 20 heavy (non-hydrogen) atoms. The van der Waals surface area contributed by atoms with Crippen LogP contribution < -0.4 is 5.32 Å². The number of hydrogen-bond donors (Lipinski definition) is 1. The molecule has 2 aromatic rings. The molecule has 2 rings (SSSR count). The molecule has 1 atom stereocenters. The highest BCUT2D eigenvalue weighted by Gasteiger charge is 2.32. The second-order valence-corrected chi connectivity index (χ2v) is 7.18. The smallest absolute Gasteiger partial charge is 0.262 e. The van der Waals surface area contributed by atoms with E-state index in [1.54, 1.807) is 44.1 Å². The molecule has 7 nitrogen and oxygen atoms in total. The normalized spacial score (nSPS) is 14.1. The largest absolute Gasteiger partial charge is 0.383 e. The molecule has 0 aliphatic heterocycles. The number of ether oxygens (including phenoxy) is 1. The Kier molecular flexibility index (Phi) is 4.33. The van der Waals surface area contributed by atoms with Gasteiger partial charge in [0.25, 0.3) is 10.0 Å². The Morgan fingerprint density at radius 1 is 1.60 bits per heavy atom. The van der Waals surface area contributed by atoms with E-state index in [9.17, 15) is 8.42 Å². The molecule has 0 amide bonds. The molecule has 0 bridgehead atoms. The van der Waals surface area contributed by atoms with Gasteiger partial charge in [-0.15, -0.1) is 11.3 Å². The fraction of sp³-hybridized carbons (Fsp3) is 0.545. The van der Waals surface area contributed by atoms with E-state index in [2.05, 4.69) is 10.3 Å². The van der Waals surface area contributed by atoms with Crippen LogP contribution >= 0.6 is 11.3 Å². The predicted octanol–water partition coefficient (Wildman–Crippen LogP) is 1.09. The molecule has 112 valence electrons. The van der Waals surface area contributed by atoms with E-state index >= 15 is 0 Å². The van der Waals surface area contributed by atoms with Gasteiger partial charge in [-0.2, -0.15) is 4.31 Å². The number of imidazole rings is 1. The monoisotopic (exact) mass is 318 g/mol. The molecule has 0 spiro atoms. The maximum absolute atomic E-state index is 12.8. The average Bonchev–Trinajstić information content (AvgIpc) is 2.96. The molecule has 0 saturated carbocycles. The molecule has 1 N–H and O–H groups in total. The van der Waals surface area contributed by atoms with Gasteiger partial charge in [-0.05, 0) is 6.92 Å². The lowest BCUT2D eigenvalue weighted by Gasteiger charge is -2.23. The third kappa shape index (κ3) is 2.41. The Morgan fingerprint density at radius 3 is 2.90 bits per heavy atom. The zero-order chi connectivity index (χ0) is 14.9. The van der Waals surface area contributed by atoms with E-state index in [4.69, 9.17) is 4.74 Å². The van der Waals surface area contributed by atoms with Crippen LogP contribution in [0.3, 0.4) is 0 Å². The van der Waals surface area contributed by atoms with Gasteiger partial charge in [-0.3, -0.25) is 4.40 Å². The highest BCUT2D eigenvalue weighted by molar-refractivity contribution is 7.89. The Morgan fingerprint density at radius 2 is 2.30 bits per heavy atom. The van der Waals surface area contributed by atoms with E-state index in [0.717, 1.165) is 0 Å². The van der Waals surface area contributed by atoms with E-state index < -0.39 is 10.0 Å². The first kappa shape index (κ1) is 15.2. The van der Waals surface area contributed by atoms with Gasteiger partial charge in [0, 0.05) is 38.8 Å². The summed E-state index contributed by atoms with van der Waals surface area (Å²) in [5.74, 6) is 0.355. The maximum Gasteiger partial charge on any atom is 0.262 e. The summed E-state index contributed by atoms with van der Waals surface area (Å²) in [6.45, 7) is 2.13. The number of fused-ring (bicyclic) bond motifs is 1. The van der Waals surface area contributed by atoms with Gasteiger partial charge in [0.05, 0.1) is 6.61 Å². The average molecular weight is 318 g/mol. The molecule has 0 aliphatic carbocycles.